The second-order valence-corrected chi connectivity index (χ2v) is 6.03. The van der Waals surface area contributed by atoms with Crippen molar-refractivity contribution in [3.63, 3.8) is 0 Å². The van der Waals surface area contributed by atoms with Crippen LogP contribution in [0, 0.1) is 0 Å². The normalized spacial score (nSPS) is 16.9. The van der Waals surface area contributed by atoms with Gasteiger partial charge in [-0.3, -0.25) is 4.79 Å². The van der Waals surface area contributed by atoms with Gasteiger partial charge in [-0.25, -0.2) is 0 Å². The average molecular weight is 270 g/mol. The molecule has 1 saturated carbocycles. The van der Waals surface area contributed by atoms with Crippen LogP contribution in [0.3, 0.4) is 0 Å². The topological polar surface area (TPSA) is 71.3 Å². The van der Waals surface area contributed by atoms with E-state index >= 15 is 0 Å². The molecule has 1 aliphatic carbocycles. The summed E-state index contributed by atoms with van der Waals surface area (Å²) in [6, 6.07) is 0.382. The predicted molar refractivity (Wildman–Crippen MR) is 68.2 cm³/mol. The molecule has 1 heterocycles. The number of hydrogen-bond acceptors (Lipinski definition) is 6. The fourth-order valence-corrected chi connectivity index (χ4v) is 2.08. The van der Waals surface area contributed by atoms with Crippen LogP contribution in [-0.4, -0.2) is 46.4 Å². The number of hydrogen-bond donors (Lipinski definition) is 1. The van der Waals surface area contributed by atoms with E-state index in [0.717, 1.165) is 12.8 Å². The lowest BCUT2D eigenvalue weighted by molar-refractivity contribution is -0.120. The van der Waals surface area contributed by atoms with Gasteiger partial charge in [-0.1, -0.05) is 11.8 Å². The molecule has 0 aliphatic heterocycles. The van der Waals surface area contributed by atoms with Crippen LogP contribution in [0.1, 0.15) is 25.7 Å². The Labute approximate surface area is 111 Å². The van der Waals surface area contributed by atoms with E-state index in [9.17, 15) is 4.79 Å². The first-order valence-corrected chi connectivity index (χ1v) is 6.86. The zero-order valence-electron chi connectivity index (χ0n) is 10.8. The SMILES string of the molecule is C[C@@H](Sc1nnc(CN(C)C)o1)C(=O)NC1CC1. The molecule has 1 aromatic rings. The van der Waals surface area contributed by atoms with Gasteiger partial charge in [0.25, 0.3) is 5.22 Å². The molecule has 1 amide bonds. The summed E-state index contributed by atoms with van der Waals surface area (Å²) in [4.78, 5) is 13.7. The van der Waals surface area contributed by atoms with Gasteiger partial charge in [-0.15, -0.1) is 10.2 Å². The monoisotopic (exact) mass is 270 g/mol. The summed E-state index contributed by atoms with van der Waals surface area (Å²) < 4.78 is 5.45. The molecule has 100 valence electrons. The van der Waals surface area contributed by atoms with Gasteiger partial charge < -0.3 is 14.6 Å². The van der Waals surface area contributed by atoms with Gasteiger partial charge in [0.05, 0.1) is 11.8 Å². The zero-order chi connectivity index (χ0) is 13.1. The third kappa shape index (κ3) is 3.99. The molecular formula is C11H18N4O2S. The maximum atomic E-state index is 11.8. The highest BCUT2D eigenvalue weighted by Gasteiger charge is 2.26. The molecular weight excluding hydrogens is 252 g/mol. The summed E-state index contributed by atoms with van der Waals surface area (Å²) in [5, 5.41) is 11.1. The van der Waals surface area contributed by atoms with Crippen molar-refractivity contribution in [3.8, 4) is 0 Å². The molecule has 1 atom stereocenters. The van der Waals surface area contributed by atoms with Gasteiger partial charge in [0, 0.05) is 6.04 Å². The van der Waals surface area contributed by atoms with Crippen LogP contribution in [-0.2, 0) is 11.3 Å². The van der Waals surface area contributed by atoms with Crippen molar-refractivity contribution in [3.05, 3.63) is 5.89 Å². The van der Waals surface area contributed by atoms with Crippen LogP contribution in [0.2, 0.25) is 0 Å². The predicted octanol–water partition coefficient (Wildman–Crippen LogP) is 0.890. The molecule has 0 radical (unpaired) electrons. The fourth-order valence-electron chi connectivity index (χ4n) is 1.37. The van der Waals surface area contributed by atoms with Crippen LogP contribution >= 0.6 is 11.8 Å². The molecule has 1 fully saturated rings. The highest BCUT2D eigenvalue weighted by Crippen LogP contribution is 2.24. The fraction of sp³-hybridized carbons (Fsp3) is 0.727. The third-order valence-corrected chi connectivity index (χ3v) is 3.40. The lowest BCUT2D eigenvalue weighted by Gasteiger charge is -2.08. The van der Waals surface area contributed by atoms with Gasteiger partial charge in [-0.2, -0.15) is 0 Å². The maximum Gasteiger partial charge on any atom is 0.277 e. The summed E-state index contributed by atoms with van der Waals surface area (Å²) in [5.74, 6) is 0.604. The smallest absolute Gasteiger partial charge is 0.277 e. The van der Waals surface area contributed by atoms with E-state index < -0.39 is 0 Å². The minimum atomic E-state index is -0.210. The van der Waals surface area contributed by atoms with Crippen LogP contribution in [0.25, 0.3) is 0 Å². The molecule has 0 aromatic carbocycles. The standard InChI is InChI=1S/C11H18N4O2S/c1-7(10(16)12-8-4-5-8)18-11-14-13-9(17-11)6-15(2)3/h7-8H,4-6H2,1-3H3,(H,12,16)/t7-/m1/s1. The van der Waals surface area contributed by atoms with E-state index in [1.165, 1.54) is 11.8 Å². The van der Waals surface area contributed by atoms with Crippen molar-refractivity contribution in [2.75, 3.05) is 14.1 Å². The van der Waals surface area contributed by atoms with E-state index in [2.05, 4.69) is 15.5 Å². The van der Waals surface area contributed by atoms with Crippen molar-refractivity contribution in [1.82, 2.24) is 20.4 Å². The van der Waals surface area contributed by atoms with Crippen LogP contribution < -0.4 is 5.32 Å². The van der Waals surface area contributed by atoms with Gasteiger partial charge in [-0.05, 0) is 33.9 Å². The Balaban J connectivity index is 1.83. The summed E-state index contributed by atoms with van der Waals surface area (Å²) in [7, 11) is 3.87. The Morgan fingerprint density at radius 2 is 2.28 bits per heavy atom. The van der Waals surface area contributed by atoms with Gasteiger partial charge >= 0.3 is 0 Å². The van der Waals surface area contributed by atoms with Crippen molar-refractivity contribution >= 4 is 17.7 Å². The van der Waals surface area contributed by atoms with Crippen molar-refractivity contribution in [2.24, 2.45) is 0 Å². The summed E-state index contributed by atoms with van der Waals surface area (Å²) in [6.45, 7) is 2.45. The van der Waals surface area contributed by atoms with Crippen LogP contribution in [0.15, 0.2) is 9.64 Å². The molecule has 0 bridgehead atoms. The van der Waals surface area contributed by atoms with Crippen molar-refractivity contribution in [2.45, 2.75) is 42.8 Å². The van der Waals surface area contributed by atoms with Crippen LogP contribution in [0.4, 0.5) is 0 Å². The number of thioether (sulfide) groups is 1. The molecule has 1 aromatic heterocycles. The molecule has 18 heavy (non-hydrogen) atoms. The van der Waals surface area contributed by atoms with E-state index in [-0.39, 0.29) is 11.2 Å². The van der Waals surface area contributed by atoms with E-state index in [0.29, 0.717) is 23.7 Å². The van der Waals surface area contributed by atoms with Gasteiger partial charge in [0.1, 0.15) is 0 Å². The van der Waals surface area contributed by atoms with E-state index in [4.69, 9.17) is 4.42 Å². The lowest BCUT2D eigenvalue weighted by atomic mass is 10.4. The average Bonchev–Trinajstić information content (AvgIpc) is 2.99. The number of nitrogens with one attached hydrogen (secondary N) is 1. The third-order valence-electron chi connectivity index (χ3n) is 2.47. The lowest BCUT2D eigenvalue weighted by Crippen LogP contribution is -2.32. The molecule has 1 aliphatic rings. The van der Waals surface area contributed by atoms with Crippen LogP contribution in [0.5, 0.6) is 0 Å². The Morgan fingerprint density at radius 1 is 1.56 bits per heavy atom. The number of carbonyl (C=O) groups excluding carboxylic acids is 1. The maximum absolute atomic E-state index is 11.8. The number of carbonyl (C=O) groups is 1. The molecule has 7 heteroatoms. The number of nitrogens with zero attached hydrogens (tertiary/aromatic N) is 3. The minimum absolute atomic E-state index is 0.0369. The Morgan fingerprint density at radius 3 is 2.89 bits per heavy atom. The Hall–Kier alpha value is -1.08. The van der Waals surface area contributed by atoms with E-state index in [1.54, 1.807) is 0 Å². The van der Waals surface area contributed by atoms with E-state index in [1.807, 2.05) is 25.9 Å². The second kappa shape index (κ2) is 5.71. The number of aromatic nitrogens is 2. The molecule has 0 unspecified atom stereocenters. The first-order valence-electron chi connectivity index (χ1n) is 5.98. The summed E-state index contributed by atoms with van der Waals surface area (Å²) in [6.07, 6.45) is 2.19. The molecule has 6 nitrogen and oxygen atoms in total. The first kappa shape index (κ1) is 13.4. The quantitative estimate of drug-likeness (QED) is 0.774. The highest BCUT2D eigenvalue weighted by atomic mass is 32.2. The van der Waals surface area contributed by atoms with Gasteiger partial charge in [0.15, 0.2) is 0 Å². The Kier molecular flexibility index (Phi) is 4.23. The zero-order valence-corrected chi connectivity index (χ0v) is 11.7. The summed E-state index contributed by atoms with van der Waals surface area (Å²) >= 11 is 1.30. The number of rotatable bonds is 6. The highest BCUT2D eigenvalue weighted by molar-refractivity contribution is 8.00. The minimum Gasteiger partial charge on any atom is -0.415 e. The first-order chi connectivity index (χ1) is 8.54. The van der Waals surface area contributed by atoms with Gasteiger partial charge in [0.2, 0.25) is 11.8 Å². The Bertz CT molecular complexity index is 417. The molecule has 0 saturated heterocycles. The number of amides is 1. The molecule has 2 rings (SSSR count). The molecule has 1 N–H and O–H groups in total. The summed E-state index contributed by atoms with van der Waals surface area (Å²) in [5.41, 5.74) is 0. The molecule has 0 spiro atoms. The van der Waals surface area contributed by atoms with Crippen molar-refractivity contribution in [1.29, 1.82) is 0 Å². The van der Waals surface area contributed by atoms with Crippen molar-refractivity contribution < 1.29 is 9.21 Å². The largest absolute Gasteiger partial charge is 0.415 e. The second-order valence-electron chi connectivity index (χ2n) is 4.74.